The maximum Gasteiger partial charge on any atom is 0.335 e. The van der Waals surface area contributed by atoms with E-state index in [9.17, 15) is 4.79 Å². The summed E-state index contributed by atoms with van der Waals surface area (Å²) < 4.78 is 5.91. The Morgan fingerprint density at radius 3 is 2.85 bits per heavy atom. The van der Waals surface area contributed by atoms with Crippen LogP contribution in [0.3, 0.4) is 0 Å². The fourth-order valence-corrected chi connectivity index (χ4v) is 3.03. The minimum Gasteiger partial charge on any atom is -0.478 e. The van der Waals surface area contributed by atoms with Gasteiger partial charge in [-0.05, 0) is 30.3 Å². The Balaban J connectivity index is 1.64. The molecule has 26 heavy (non-hydrogen) atoms. The quantitative estimate of drug-likeness (QED) is 0.457. The summed E-state index contributed by atoms with van der Waals surface area (Å²) >= 11 is 0. The van der Waals surface area contributed by atoms with Gasteiger partial charge in [-0.2, -0.15) is 5.10 Å². The fraction of sp³-hybridized carbons (Fsp3) is 0. The van der Waals surface area contributed by atoms with E-state index in [1.807, 2.05) is 30.3 Å². The van der Waals surface area contributed by atoms with Gasteiger partial charge >= 0.3 is 5.97 Å². The number of hydrogen-bond donors (Lipinski definition) is 3. The summed E-state index contributed by atoms with van der Waals surface area (Å²) in [6, 6.07) is 14.5. The Bertz CT molecular complexity index is 1250. The summed E-state index contributed by atoms with van der Waals surface area (Å²) in [4.78, 5) is 18.8. The van der Waals surface area contributed by atoms with Gasteiger partial charge in [0.2, 0.25) is 0 Å². The second-order valence-corrected chi connectivity index (χ2v) is 5.93. The third-order valence-electron chi connectivity index (χ3n) is 4.30. The lowest BCUT2D eigenvalue weighted by Gasteiger charge is -1.96. The van der Waals surface area contributed by atoms with Crippen molar-refractivity contribution in [3.8, 4) is 22.8 Å². The molecule has 3 heterocycles. The number of carboxylic acids is 1. The SMILES string of the molecule is O=C(O)c1ccc2nc(-c3cn[nH]c3-c3cc4ccccc4o3)[nH]c2c1. The van der Waals surface area contributed by atoms with Gasteiger partial charge in [0.05, 0.1) is 28.4 Å². The van der Waals surface area contributed by atoms with E-state index in [0.29, 0.717) is 28.3 Å². The van der Waals surface area contributed by atoms with Crippen LogP contribution in [0.15, 0.2) is 59.1 Å². The van der Waals surface area contributed by atoms with Crippen molar-refractivity contribution in [1.82, 2.24) is 20.2 Å². The number of furan rings is 1. The van der Waals surface area contributed by atoms with Crippen molar-refractivity contribution >= 4 is 28.0 Å². The zero-order valence-electron chi connectivity index (χ0n) is 13.4. The Kier molecular flexibility index (Phi) is 2.96. The molecule has 0 unspecified atom stereocenters. The predicted octanol–water partition coefficient (Wildman–Crippen LogP) is 4.06. The van der Waals surface area contributed by atoms with Crippen LogP contribution in [0.4, 0.5) is 0 Å². The topological polar surface area (TPSA) is 108 Å². The van der Waals surface area contributed by atoms with Gasteiger partial charge in [0.15, 0.2) is 5.76 Å². The van der Waals surface area contributed by atoms with Gasteiger partial charge in [0, 0.05) is 5.39 Å². The van der Waals surface area contributed by atoms with Crippen LogP contribution in [-0.2, 0) is 0 Å². The van der Waals surface area contributed by atoms with E-state index in [-0.39, 0.29) is 5.56 Å². The molecule has 0 aliphatic carbocycles. The van der Waals surface area contributed by atoms with Gasteiger partial charge in [-0.3, -0.25) is 5.10 Å². The number of nitrogens with zero attached hydrogens (tertiary/aromatic N) is 2. The smallest absolute Gasteiger partial charge is 0.335 e. The first kappa shape index (κ1) is 14.5. The first-order valence-corrected chi connectivity index (χ1v) is 7.95. The van der Waals surface area contributed by atoms with Crippen LogP contribution in [0.25, 0.3) is 44.8 Å². The molecular weight excluding hydrogens is 332 g/mol. The van der Waals surface area contributed by atoms with Crippen LogP contribution in [0, 0.1) is 0 Å². The second-order valence-electron chi connectivity index (χ2n) is 5.93. The molecule has 0 saturated carbocycles. The van der Waals surface area contributed by atoms with Crippen molar-refractivity contribution in [2.45, 2.75) is 0 Å². The number of hydrogen-bond acceptors (Lipinski definition) is 4. The summed E-state index contributed by atoms with van der Waals surface area (Å²) in [5.41, 5.74) is 3.78. The molecule has 3 aromatic heterocycles. The maximum atomic E-state index is 11.1. The molecule has 2 aromatic carbocycles. The van der Waals surface area contributed by atoms with Gasteiger partial charge in [0.25, 0.3) is 0 Å². The zero-order valence-corrected chi connectivity index (χ0v) is 13.4. The molecule has 7 nitrogen and oxygen atoms in total. The molecule has 0 bridgehead atoms. The summed E-state index contributed by atoms with van der Waals surface area (Å²) in [6.07, 6.45) is 1.67. The lowest BCUT2D eigenvalue weighted by molar-refractivity contribution is 0.0697. The molecule has 0 fully saturated rings. The van der Waals surface area contributed by atoms with E-state index in [1.165, 1.54) is 6.07 Å². The summed E-state index contributed by atoms with van der Waals surface area (Å²) in [5.74, 6) is 0.270. The highest BCUT2D eigenvalue weighted by atomic mass is 16.4. The summed E-state index contributed by atoms with van der Waals surface area (Å²) in [5, 5.41) is 17.2. The normalized spacial score (nSPS) is 11.4. The number of benzene rings is 2. The number of aromatic amines is 2. The molecule has 0 aliphatic heterocycles. The molecule has 0 atom stereocenters. The van der Waals surface area contributed by atoms with Gasteiger partial charge in [-0.25, -0.2) is 9.78 Å². The molecular formula is C19H12N4O3. The van der Waals surface area contributed by atoms with E-state index in [0.717, 1.165) is 16.5 Å². The van der Waals surface area contributed by atoms with Crippen LogP contribution in [-0.4, -0.2) is 31.2 Å². The highest BCUT2D eigenvalue weighted by molar-refractivity contribution is 5.93. The molecule has 5 aromatic rings. The van der Waals surface area contributed by atoms with Crippen molar-refractivity contribution in [1.29, 1.82) is 0 Å². The van der Waals surface area contributed by atoms with Gasteiger partial charge < -0.3 is 14.5 Å². The van der Waals surface area contributed by atoms with E-state index < -0.39 is 5.97 Å². The highest BCUT2D eigenvalue weighted by Gasteiger charge is 2.17. The van der Waals surface area contributed by atoms with Crippen LogP contribution in [0.5, 0.6) is 0 Å². The molecule has 0 radical (unpaired) electrons. The first-order chi connectivity index (χ1) is 12.7. The number of fused-ring (bicyclic) bond motifs is 2. The number of para-hydroxylation sites is 1. The lowest BCUT2D eigenvalue weighted by Crippen LogP contribution is -1.94. The van der Waals surface area contributed by atoms with E-state index >= 15 is 0 Å². The Morgan fingerprint density at radius 1 is 1.12 bits per heavy atom. The number of imidazole rings is 1. The minimum absolute atomic E-state index is 0.206. The Hall–Kier alpha value is -3.87. The van der Waals surface area contributed by atoms with Crippen molar-refractivity contribution < 1.29 is 14.3 Å². The van der Waals surface area contributed by atoms with Crippen LogP contribution in [0.1, 0.15) is 10.4 Å². The third kappa shape index (κ3) is 2.18. The molecule has 7 heteroatoms. The number of aromatic nitrogens is 4. The maximum absolute atomic E-state index is 11.1. The highest BCUT2D eigenvalue weighted by Crippen LogP contribution is 2.33. The molecule has 0 aliphatic rings. The number of carbonyl (C=O) groups is 1. The summed E-state index contributed by atoms with van der Waals surface area (Å²) in [7, 11) is 0. The van der Waals surface area contributed by atoms with Crippen molar-refractivity contribution in [3.05, 3.63) is 60.3 Å². The standard InChI is InChI=1S/C19H12N4O3/c24-19(25)11-5-6-13-14(7-11)22-18(21-13)12-9-20-23-17(12)16-8-10-3-1-2-4-15(10)26-16/h1-9H,(H,20,23)(H,21,22)(H,24,25). The van der Waals surface area contributed by atoms with Gasteiger partial charge in [-0.15, -0.1) is 0 Å². The van der Waals surface area contributed by atoms with Crippen LogP contribution >= 0.6 is 0 Å². The molecule has 0 saturated heterocycles. The number of carboxylic acid groups (broad SMARTS) is 1. The molecule has 0 amide bonds. The predicted molar refractivity (Wildman–Crippen MR) is 95.8 cm³/mol. The minimum atomic E-state index is -0.977. The van der Waals surface area contributed by atoms with E-state index in [2.05, 4.69) is 20.2 Å². The monoisotopic (exact) mass is 344 g/mol. The molecule has 126 valence electrons. The number of nitrogens with one attached hydrogen (secondary N) is 2. The zero-order chi connectivity index (χ0) is 17.7. The summed E-state index contributed by atoms with van der Waals surface area (Å²) in [6.45, 7) is 0. The largest absolute Gasteiger partial charge is 0.478 e. The third-order valence-corrected chi connectivity index (χ3v) is 4.30. The number of H-pyrrole nitrogens is 2. The molecule has 5 rings (SSSR count). The Labute approximate surface area is 146 Å². The van der Waals surface area contributed by atoms with Gasteiger partial charge in [-0.1, -0.05) is 18.2 Å². The Morgan fingerprint density at radius 2 is 2.00 bits per heavy atom. The van der Waals surface area contributed by atoms with Crippen molar-refractivity contribution in [2.75, 3.05) is 0 Å². The van der Waals surface area contributed by atoms with Crippen LogP contribution in [0.2, 0.25) is 0 Å². The molecule has 3 N–H and O–H groups in total. The van der Waals surface area contributed by atoms with E-state index in [1.54, 1.807) is 18.3 Å². The van der Waals surface area contributed by atoms with Crippen molar-refractivity contribution in [2.24, 2.45) is 0 Å². The number of rotatable bonds is 3. The van der Waals surface area contributed by atoms with Crippen LogP contribution < -0.4 is 0 Å². The second kappa shape index (κ2) is 5.32. The average molecular weight is 344 g/mol. The average Bonchev–Trinajstić information content (AvgIpc) is 3.36. The number of aromatic carboxylic acids is 1. The van der Waals surface area contributed by atoms with Crippen molar-refractivity contribution in [3.63, 3.8) is 0 Å². The van der Waals surface area contributed by atoms with E-state index in [4.69, 9.17) is 9.52 Å². The lowest BCUT2D eigenvalue weighted by atomic mass is 10.2. The molecule has 0 spiro atoms. The fourth-order valence-electron chi connectivity index (χ4n) is 3.03. The van der Waals surface area contributed by atoms with Gasteiger partial charge in [0.1, 0.15) is 17.1 Å². The first-order valence-electron chi connectivity index (χ1n) is 7.95.